The number of pyridine rings is 1. The highest BCUT2D eigenvalue weighted by Crippen LogP contribution is 2.34. The van der Waals surface area contributed by atoms with Crippen molar-refractivity contribution in [2.75, 3.05) is 12.8 Å². The molecule has 0 saturated carbocycles. The number of nitrogen functional groups attached to an aromatic ring is 1. The van der Waals surface area contributed by atoms with Crippen molar-refractivity contribution in [1.82, 2.24) is 30.0 Å². The third-order valence-electron chi connectivity index (χ3n) is 4.25. The molecule has 0 saturated heterocycles. The molecule has 3 N–H and O–H groups in total. The van der Waals surface area contributed by atoms with Crippen molar-refractivity contribution in [1.29, 1.82) is 0 Å². The first-order chi connectivity index (χ1) is 13.5. The average molecular weight is 394 g/mol. The van der Waals surface area contributed by atoms with E-state index in [1.165, 1.54) is 7.05 Å². The summed E-state index contributed by atoms with van der Waals surface area (Å²) in [5.74, 6) is -0.398. The van der Waals surface area contributed by atoms with Crippen molar-refractivity contribution >= 4 is 34.2 Å². The second-order valence-electron chi connectivity index (χ2n) is 6.14. The van der Waals surface area contributed by atoms with Crippen molar-refractivity contribution in [3.63, 3.8) is 0 Å². The normalized spacial score (nSPS) is 11.0. The molecule has 3 aromatic heterocycles. The van der Waals surface area contributed by atoms with Crippen LogP contribution < -0.4 is 11.1 Å². The van der Waals surface area contributed by atoms with Crippen molar-refractivity contribution in [2.24, 2.45) is 7.05 Å². The molecule has 4 rings (SSSR count). The topological polar surface area (TPSA) is 112 Å². The minimum atomic E-state index is -0.424. The molecule has 0 fully saturated rings. The number of hydrogen-bond donors (Lipinski definition) is 2. The number of nitrogens with one attached hydrogen (secondary N) is 1. The summed E-state index contributed by atoms with van der Waals surface area (Å²) in [5, 5.41) is 8.25. The molecule has 0 aliphatic heterocycles. The third kappa shape index (κ3) is 3.03. The van der Waals surface area contributed by atoms with E-state index in [1.54, 1.807) is 36.3 Å². The number of fused-ring (bicyclic) bond motifs is 1. The van der Waals surface area contributed by atoms with Gasteiger partial charge in [0.25, 0.3) is 5.91 Å². The summed E-state index contributed by atoms with van der Waals surface area (Å²) in [5.41, 5.74) is 8.92. The lowest BCUT2D eigenvalue weighted by molar-refractivity contribution is 0.0959. The predicted octanol–water partition coefficient (Wildman–Crippen LogP) is 2.69. The molecule has 0 atom stereocenters. The van der Waals surface area contributed by atoms with E-state index in [1.807, 2.05) is 18.2 Å². The average Bonchev–Trinajstić information content (AvgIpc) is 3.13. The summed E-state index contributed by atoms with van der Waals surface area (Å²) >= 11 is 6.44. The molecule has 0 aliphatic carbocycles. The van der Waals surface area contributed by atoms with Crippen LogP contribution in [0.4, 0.5) is 5.82 Å². The minimum Gasteiger partial charge on any atom is -0.382 e. The van der Waals surface area contributed by atoms with E-state index in [4.69, 9.17) is 17.3 Å². The molecule has 0 bridgehead atoms. The van der Waals surface area contributed by atoms with Crippen molar-refractivity contribution in [3.8, 4) is 22.6 Å². The first-order valence-corrected chi connectivity index (χ1v) is 8.80. The Bertz CT molecular complexity index is 1220. The fourth-order valence-corrected chi connectivity index (χ4v) is 3.22. The third-order valence-corrected chi connectivity index (χ3v) is 4.54. The zero-order valence-electron chi connectivity index (χ0n) is 15.1. The van der Waals surface area contributed by atoms with Gasteiger partial charge >= 0.3 is 0 Å². The molecule has 0 radical (unpaired) electrons. The smallest absolute Gasteiger partial charge is 0.273 e. The molecule has 0 spiro atoms. The minimum absolute atomic E-state index is 0.0253. The molecule has 8 nitrogen and oxygen atoms in total. The van der Waals surface area contributed by atoms with E-state index in [-0.39, 0.29) is 11.5 Å². The highest BCUT2D eigenvalue weighted by atomic mass is 35.5. The summed E-state index contributed by atoms with van der Waals surface area (Å²) in [7, 11) is 3.31. The largest absolute Gasteiger partial charge is 0.382 e. The van der Waals surface area contributed by atoms with Crippen LogP contribution >= 0.6 is 11.6 Å². The monoisotopic (exact) mass is 393 g/mol. The summed E-state index contributed by atoms with van der Waals surface area (Å²) in [4.78, 5) is 25.5. The number of benzene rings is 1. The maximum absolute atomic E-state index is 12.2. The maximum Gasteiger partial charge on any atom is 0.273 e. The first kappa shape index (κ1) is 17.9. The molecule has 0 unspecified atom stereocenters. The van der Waals surface area contributed by atoms with E-state index < -0.39 is 5.91 Å². The lowest BCUT2D eigenvalue weighted by atomic mass is 10.0. The van der Waals surface area contributed by atoms with Crippen LogP contribution in [0, 0.1) is 0 Å². The van der Waals surface area contributed by atoms with Gasteiger partial charge in [0.15, 0.2) is 11.5 Å². The van der Waals surface area contributed by atoms with E-state index in [9.17, 15) is 4.79 Å². The number of amides is 1. The summed E-state index contributed by atoms with van der Waals surface area (Å²) in [6, 6.07) is 9.18. The second kappa shape index (κ2) is 6.90. The number of halogens is 1. The standard InChI is InChI=1S/C19H16ClN7O/c1-22-19(28)17-18(21)25-16(13-5-7-27(2)26-13)15(24-17)11-8-10-4-3-6-23-14(10)12(20)9-11/h3-9H,1-2H3,(H2,21,25)(H,22,28). The molecule has 140 valence electrons. The number of carbonyl (C=O) groups excluding carboxylic acids is 1. The van der Waals surface area contributed by atoms with Crippen molar-refractivity contribution in [2.45, 2.75) is 0 Å². The highest BCUT2D eigenvalue weighted by Gasteiger charge is 2.21. The van der Waals surface area contributed by atoms with Crippen LogP contribution in [0.25, 0.3) is 33.5 Å². The van der Waals surface area contributed by atoms with Crippen LogP contribution in [0.15, 0.2) is 42.7 Å². The van der Waals surface area contributed by atoms with Crippen LogP contribution in [-0.4, -0.2) is 37.7 Å². The van der Waals surface area contributed by atoms with E-state index in [0.717, 1.165) is 5.39 Å². The van der Waals surface area contributed by atoms with Gasteiger partial charge in [0.2, 0.25) is 0 Å². The summed E-state index contributed by atoms with van der Waals surface area (Å²) in [6.07, 6.45) is 3.47. The lowest BCUT2D eigenvalue weighted by Gasteiger charge is -2.12. The molecular weight excluding hydrogens is 378 g/mol. The van der Waals surface area contributed by atoms with Gasteiger partial charge in [0, 0.05) is 37.4 Å². The molecule has 1 aromatic carbocycles. The van der Waals surface area contributed by atoms with Gasteiger partial charge in [-0.3, -0.25) is 14.5 Å². The summed E-state index contributed by atoms with van der Waals surface area (Å²) in [6.45, 7) is 0. The van der Waals surface area contributed by atoms with Crippen LogP contribution in [-0.2, 0) is 7.05 Å². The van der Waals surface area contributed by atoms with E-state index in [0.29, 0.717) is 33.2 Å². The first-order valence-electron chi connectivity index (χ1n) is 8.42. The molecule has 28 heavy (non-hydrogen) atoms. The van der Waals surface area contributed by atoms with E-state index >= 15 is 0 Å². The Morgan fingerprint density at radius 1 is 1.21 bits per heavy atom. The fraction of sp³-hybridized carbons (Fsp3) is 0.105. The Morgan fingerprint density at radius 2 is 2.04 bits per heavy atom. The Hall–Kier alpha value is -3.52. The molecule has 4 aromatic rings. The number of nitrogens with two attached hydrogens (primary N) is 1. The zero-order valence-corrected chi connectivity index (χ0v) is 15.9. The number of hydrogen-bond acceptors (Lipinski definition) is 6. The predicted molar refractivity (Wildman–Crippen MR) is 108 cm³/mol. The van der Waals surface area contributed by atoms with Crippen LogP contribution in [0.5, 0.6) is 0 Å². The van der Waals surface area contributed by atoms with Gasteiger partial charge in [0.1, 0.15) is 11.4 Å². The second-order valence-corrected chi connectivity index (χ2v) is 6.55. The molecular formula is C19H16ClN7O. The van der Waals surface area contributed by atoms with E-state index in [2.05, 4.69) is 25.4 Å². The van der Waals surface area contributed by atoms with Crippen molar-refractivity contribution < 1.29 is 4.79 Å². The number of anilines is 1. The Kier molecular flexibility index (Phi) is 4.40. The number of aryl methyl sites for hydroxylation is 1. The highest BCUT2D eigenvalue weighted by molar-refractivity contribution is 6.35. The molecule has 0 aliphatic rings. The van der Waals surface area contributed by atoms with Crippen LogP contribution in [0.1, 0.15) is 10.5 Å². The van der Waals surface area contributed by atoms with Gasteiger partial charge in [-0.15, -0.1) is 0 Å². The molecule has 3 heterocycles. The van der Waals surface area contributed by atoms with Gasteiger partial charge in [-0.25, -0.2) is 9.97 Å². The number of nitrogens with zero attached hydrogens (tertiary/aromatic N) is 5. The Morgan fingerprint density at radius 3 is 2.75 bits per heavy atom. The Balaban J connectivity index is 2.02. The lowest BCUT2D eigenvalue weighted by Crippen LogP contribution is -2.22. The fourth-order valence-electron chi connectivity index (χ4n) is 2.94. The molecule has 1 amide bonds. The zero-order chi connectivity index (χ0) is 19.8. The number of rotatable bonds is 3. The van der Waals surface area contributed by atoms with Gasteiger partial charge in [-0.1, -0.05) is 17.7 Å². The number of aromatic nitrogens is 5. The van der Waals surface area contributed by atoms with Gasteiger partial charge < -0.3 is 11.1 Å². The Labute approximate surface area is 165 Å². The van der Waals surface area contributed by atoms with Gasteiger partial charge in [-0.2, -0.15) is 5.10 Å². The van der Waals surface area contributed by atoms with Gasteiger partial charge in [0.05, 0.1) is 16.2 Å². The molecule has 9 heteroatoms. The summed E-state index contributed by atoms with van der Waals surface area (Å²) < 4.78 is 1.65. The number of carbonyl (C=O) groups is 1. The maximum atomic E-state index is 12.2. The van der Waals surface area contributed by atoms with Crippen LogP contribution in [0.3, 0.4) is 0 Å². The van der Waals surface area contributed by atoms with Crippen molar-refractivity contribution in [3.05, 3.63) is 53.4 Å². The van der Waals surface area contributed by atoms with Gasteiger partial charge in [-0.05, 0) is 24.3 Å². The quantitative estimate of drug-likeness (QED) is 0.553. The van der Waals surface area contributed by atoms with Crippen LogP contribution in [0.2, 0.25) is 5.02 Å². The SMILES string of the molecule is CNC(=O)c1nc(-c2cc(Cl)c3ncccc3c2)c(-c2ccn(C)n2)nc1N.